The fourth-order valence-electron chi connectivity index (χ4n) is 1.53. The molecule has 0 atom stereocenters. The number of aromatic nitrogens is 3. The summed E-state index contributed by atoms with van der Waals surface area (Å²) < 4.78 is 28.5. The number of benzene rings is 1. The van der Waals surface area contributed by atoms with Gasteiger partial charge in [-0.25, -0.2) is 17.8 Å². The predicted octanol–water partition coefficient (Wildman–Crippen LogP) is 1.89. The number of nitrogens with zero attached hydrogens (tertiary/aromatic N) is 3. The molecular formula is C11H10BrCl2N5O3S. The number of nitrogens with one attached hydrogen (secondary N) is 2. The molecule has 2 rings (SSSR count). The molecule has 1 aromatic carbocycles. The van der Waals surface area contributed by atoms with Crippen molar-refractivity contribution >= 4 is 61.0 Å². The summed E-state index contributed by atoms with van der Waals surface area (Å²) >= 11 is 15.0. The largest absolute Gasteiger partial charge is 0.358 e. The van der Waals surface area contributed by atoms with Crippen LogP contribution in [0.3, 0.4) is 0 Å². The average molecular weight is 443 g/mol. The van der Waals surface area contributed by atoms with E-state index in [1.54, 1.807) is 0 Å². The maximum Gasteiger partial charge on any atom is 0.265 e. The van der Waals surface area contributed by atoms with Gasteiger partial charge in [-0.1, -0.05) is 23.2 Å². The smallest absolute Gasteiger partial charge is 0.265 e. The zero-order chi connectivity index (χ0) is 17.2. The molecule has 124 valence electrons. The van der Waals surface area contributed by atoms with Crippen LogP contribution in [0.25, 0.3) is 0 Å². The van der Waals surface area contributed by atoms with Crippen molar-refractivity contribution in [3.8, 4) is 0 Å². The van der Waals surface area contributed by atoms with E-state index in [1.165, 1.54) is 30.2 Å². The van der Waals surface area contributed by atoms with Gasteiger partial charge < -0.3 is 5.32 Å². The van der Waals surface area contributed by atoms with Gasteiger partial charge in [-0.15, -0.1) is 5.10 Å². The molecule has 2 aromatic rings. The lowest BCUT2D eigenvalue weighted by Crippen LogP contribution is -2.23. The number of sulfonamides is 1. The fraction of sp³-hybridized carbons (Fsp3) is 0.182. The second-order valence-electron chi connectivity index (χ2n) is 4.22. The number of carbonyl (C=O) groups excluding carboxylic acids is 1. The maximum atomic E-state index is 12.3. The topological polar surface area (TPSA) is 106 Å². The summed E-state index contributed by atoms with van der Waals surface area (Å²) in [7, 11) is -2.56. The molecule has 0 radical (unpaired) electrons. The quantitative estimate of drug-likeness (QED) is 0.687. The molecule has 2 N–H and O–H groups in total. The molecule has 0 aliphatic heterocycles. The summed E-state index contributed by atoms with van der Waals surface area (Å²) in [5, 5.41) is 6.21. The van der Waals surface area contributed by atoms with Crippen molar-refractivity contribution in [2.24, 2.45) is 0 Å². The summed E-state index contributed by atoms with van der Waals surface area (Å²) in [6.07, 6.45) is 1.23. The first-order valence-corrected chi connectivity index (χ1v) is 9.04. The molecule has 1 amide bonds. The molecule has 8 nitrogen and oxygen atoms in total. The van der Waals surface area contributed by atoms with Crippen LogP contribution in [-0.2, 0) is 21.4 Å². The second kappa shape index (κ2) is 7.04. The van der Waals surface area contributed by atoms with Crippen molar-refractivity contribution < 1.29 is 13.2 Å². The lowest BCUT2D eigenvalue weighted by molar-refractivity contribution is -0.121. The number of hydrogen-bond acceptors (Lipinski definition) is 5. The third kappa shape index (κ3) is 4.14. The number of likely N-dealkylation sites (N-methyl/N-ethyl adjacent to an activating group) is 1. The van der Waals surface area contributed by atoms with Gasteiger partial charge in [0.05, 0.1) is 10.0 Å². The van der Waals surface area contributed by atoms with Crippen LogP contribution in [0.4, 0.5) is 5.95 Å². The highest BCUT2D eigenvalue weighted by atomic mass is 79.9. The number of halogens is 3. The van der Waals surface area contributed by atoms with E-state index in [-0.39, 0.29) is 33.3 Å². The van der Waals surface area contributed by atoms with E-state index >= 15 is 0 Å². The van der Waals surface area contributed by atoms with Crippen LogP contribution in [0.15, 0.2) is 27.8 Å². The Hall–Kier alpha value is -1.36. The third-order valence-corrected chi connectivity index (χ3v) is 5.89. The van der Waals surface area contributed by atoms with Crippen LogP contribution in [0.1, 0.15) is 0 Å². The monoisotopic (exact) mass is 441 g/mol. The van der Waals surface area contributed by atoms with Crippen LogP contribution in [0, 0.1) is 0 Å². The highest BCUT2D eigenvalue weighted by Crippen LogP contribution is 2.35. The molecule has 23 heavy (non-hydrogen) atoms. The lowest BCUT2D eigenvalue weighted by atomic mass is 10.4. The number of amides is 1. The molecule has 0 saturated carbocycles. The SMILES string of the molecule is CNC(=O)Cn1cnc(NS(=O)(=O)c2ccc(Br)c(Cl)c2Cl)n1. The van der Waals surface area contributed by atoms with Gasteiger partial charge in [0.15, 0.2) is 0 Å². The second-order valence-corrected chi connectivity index (χ2v) is 7.48. The van der Waals surface area contributed by atoms with E-state index in [2.05, 4.69) is 36.1 Å². The van der Waals surface area contributed by atoms with E-state index in [0.717, 1.165) is 0 Å². The standard InChI is InChI=1S/C11H10BrCl2N5O3S/c1-15-8(20)4-19-5-16-11(17-19)18-23(21,22)7-3-2-6(12)9(13)10(7)14/h2-3,5H,4H2,1H3,(H,15,20)(H,17,18). The van der Waals surface area contributed by atoms with Gasteiger partial charge in [0.1, 0.15) is 17.8 Å². The van der Waals surface area contributed by atoms with Crippen molar-refractivity contribution in [2.45, 2.75) is 11.4 Å². The average Bonchev–Trinajstić information content (AvgIpc) is 2.90. The van der Waals surface area contributed by atoms with E-state index < -0.39 is 10.0 Å². The molecule has 0 aliphatic rings. The minimum absolute atomic E-state index is 0.0765. The zero-order valence-corrected chi connectivity index (χ0v) is 15.5. The Bertz CT molecular complexity index is 855. The van der Waals surface area contributed by atoms with Crippen LogP contribution in [-0.4, -0.2) is 36.1 Å². The molecule has 0 fully saturated rings. The Kier molecular flexibility index (Phi) is 5.50. The van der Waals surface area contributed by atoms with Crippen LogP contribution >= 0.6 is 39.1 Å². The minimum Gasteiger partial charge on any atom is -0.358 e. The molecule has 1 heterocycles. The first kappa shape index (κ1) is 18.0. The van der Waals surface area contributed by atoms with Crippen LogP contribution in [0.2, 0.25) is 10.0 Å². The third-order valence-electron chi connectivity index (χ3n) is 2.64. The molecule has 0 bridgehead atoms. The van der Waals surface area contributed by atoms with Crippen LogP contribution < -0.4 is 10.0 Å². The van der Waals surface area contributed by atoms with Crippen molar-refractivity contribution in [1.29, 1.82) is 0 Å². The molecule has 0 unspecified atom stereocenters. The molecule has 1 aromatic heterocycles. The van der Waals surface area contributed by atoms with Crippen molar-refractivity contribution in [1.82, 2.24) is 20.1 Å². The Morgan fingerprint density at radius 2 is 2.04 bits per heavy atom. The summed E-state index contributed by atoms with van der Waals surface area (Å²) in [5.41, 5.74) is 0. The van der Waals surface area contributed by atoms with Gasteiger partial charge in [-0.3, -0.25) is 4.79 Å². The molecule has 0 aliphatic carbocycles. The lowest BCUT2D eigenvalue weighted by Gasteiger charge is -2.08. The van der Waals surface area contributed by atoms with E-state index in [9.17, 15) is 13.2 Å². The Balaban J connectivity index is 2.26. The number of carbonyl (C=O) groups is 1. The van der Waals surface area contributed by atoms with E-state index in [1.807, 2.05) is 0 Å². The zero-order valence-electron chi connectivity index (χ0n) is 11.5. The molecule has 0 spiro atoms. The van der Waals surface area contributed by atoms with Gasteiger partial charge in [-0.05, 0) is 28.1 Å². The van der Waals surface area contributed by atoms with Gasteiger partial charge >= 0.3 is 0 Å². The predicted molar refractivity (Wildman–Crippen MR) is 89.1 cm³/mol. The Morgan fingerprint density at radius 3 is 2.70 bits per heavy atom. The summed E-state index contributed by atoms with van der Waals surface area (Å²) in [4.78, 5) is 14.8. The molecule has 12 heteroatoms. The normalized spacial score (nSPS) is 11.3. The fourth-order valence-corrected chi connectivity index (χ4v) is 3.70. The summed E-state index contributed by atoms with van der Waals surface area (Å²) in [5.74, 6) is -0.490. The van der Waals surface area contributed by atoms with E-state index in [4.69, 9.17) is 23.2 Å². The first-order chi connectivity index (χ1) is 10.7. The highest BCUT2D eigenvalue weighted by Gasteiger charge is 2.22. The number of hydrogen-bond donors (Lipinski definition) is 2. The summed E-state index contributed by atoms with van der Waals surface area (Å²) in [6, 6.07) is 2.75. The van der Waals surface area contributed by atoms with Gasteiger partial charge in [-0.2, -0.15) is 4.98 Å². The maximum absolute atomic E-state index is 12.3. The molecular weight excluding hydrogens is 433 g/mol. The first-order valence-electron chi connectivity index (χ1n) is 6.01. The Labute approximate surface area is 150 Å². The Morgan fingerprint density at radius 1 is 1.35 bits per heavy atom. The number of rotatable bonds is 5. The summed E-state index contributed by atoms with van der Waals surface area (Å²) in [6.45, 7) is -0.0872. The minimum atomic E-state index is -4.03. The van der Waals surface area contributed by atoms with Gasteiger partial charge in [0.25, 0.3) is 16.0 Å². The number of anilines is 1. The van der Waals surface area contributed by atoms with Crippen molar-refractivity contribution in [3.05, 3.63) is 33.0 Å². The van der Waals surface area contributed by atoms with Gasteiger partial charge in [0.2, 0.25) is 5.91 Å². The molecule has 0 saturated heterocycles. The van der Waals surface area contributed by atoms with Crippen molar-refractivity contribution in [3.63, 3.8) is 0 Å². The highest BCUT2D eigenvalue weighted by molar-refractivity contribution is 9.10. The van der Waals surface area contributed by atoms with Crippen LogP contribution in [0.5, 0.6) is 0 Å². The van der Waals surface area contributed by atoms with E-state index in [0.29, 0.717) is 4.47 Å². The van der Waals surface area contributed by atoms with Gasteiger partial charge in [0, 0.05) is 11.5 Å². The van der Waals surface area contributed by atoms with Crippen molar-refractivity contribution in [2.75, 3.05) is 11.8 Å².